The standard InChI is InChI=1S/C12H20F3NO/c13-12(14,15)10-4-1-7-16-11(10)6-5-9-3-2-8-17-9/h9-11,16H,1-8H2. The molecular formula is C12H20F3NO. The van der Waals surface area contributed by atoms with E-state index in [2.05, 4.69) is 5.32 Å². The minimum atomic E-state index is -4.06. The summed E-state index contributed by atoms with van der Waals surface area (Å²) < 4.78 is 43.9. The lowest BCUT2D eigenvalue weighted by Gasteiger charge is -2.34. The number of hydrogen-bond acceptors (Lipinski definition) is 2. The van der Waals surface area contributed by atoms with Crippen molar-refractivity contribution >= 4 is 0 Å². The molecule has 0 saturated carbocycles. The van der Waals surface area contributed by atoms with E-state index in [1.807, 2.05) is 0 Å². The monoisotopic (exact) mass is 251 g/mol. The van der Waals surface area contributed by atoms with Gasteiger partial charge in [0, 0.05) is 12.6 Å². The molecule has 0 aromatic heterocycles. The molecule has 2 saturated heterocycles. The molecule has 0 aromatic carbocycles. The van der Waals surface area contributed by atoms with E-state index in [1.54, 1.807) is 0 Å². The molecule has 0 radical (unpaired) electrons. The van der Waals surface area contributed by atoms with Gasteiger partial charge in [-0.1, -0.05) is 0 Å². The van der Waals surface area contributed by atoms with Crippen LogP contribution in [0, 0.1) is 5.92 Å². The van der Waals surface area contributed by atoms with Gasteiger partial charge in [0.05, 0.1) is 12.0 Å². The summed E-state index contributed by atoms with van der Waals surface area (Å²) in [6.07, 6.45) is 0.406. The number of hydrogen-bond donors (Lipinski definition) is 1. The molecule has 0 aliphatic carbocycles. The molecule has 2 rings (SSSR count). The van der Waals surface area contributed by atoms with Crippen LogP contribution in [0.2, 0.25) is 0 Å². The number of ether oxygens (including phenoxy) is 1. The van der Waals surface area contributed by atoms with Crippen LogP contribution in [0.15, 0.2) is 0 Å². The van der Waals surface area contributed by atoms with E-state index in [1.165, 1.54) is 0 Å². The molecule has 2 nitrogen and oxygen atoms in total. The molecule has 2 aliphatic heterocycles. The van der Waals surface area contributed by atoms with E-state index in [-0.39, 0.29) is 12.5 Å². The molecule has 0 spiro atoms. The molecule has 5 heteroatoms. The van der Waals surface area contributed by atoms with Crippen LogP contribution in [-0.2, 0) is 4.74 Å². The predicted octanol–water partition coefficient (Wildman–Crippen LogP) is 2.88. The Kier molecular flexibility index (Phi) is 4.31. The Morgan fingerprint density at radius 1 is 1.12 bits per heavy atom. The fourth-order valence-corrected chi connectivity index (χ4v) is 2.89. The third kappa shape index (κ3) is 3.58. The van der Waals surface area contributed by atoms with Crippen LogP contribution in [0.3, 0.4) is 0 Å². The average molecular weight is 251 g/mol. The van der Waals surface area contributed by atoms with E-state index in [9.17, 15) is 13.2 Å². The third-order valence-corrected chi connectivity index (χ3v) is 3.83. The largest absolute Gasteiger partial charge is 0.393 e. The number of nitrogens with one attached hydrogen (secondary N) is 1. The Hall–Kier alpha value is -0.290. The topological polar surface area (TPSA) is 21.3 Å². The molecule has 3 atom stereocenters. The van der Waals surface area contributed by atoms with Gasteiger partial charge >= 0.3 is 6.18 Å². The zero-order valence-corrected chi connectivity index (χ0v) is 9.93. The molecule has 17 heavy (non-hydrogen) atoms. The van der Waals surface area contributed by atoms with Gasteiger partial charge in [-0.25, -0.2) is 0 Å². The lowest BCUT2D eigenvalue weighted by Crippen LogP contribution is -2.47. The first-order chi connectivity index (χ1) is 8.07. The molecule has 1 N–H and O–H groups in total. The first-order valence-electron chi connectivity index (χ1n) is 6.49. The van der Waals surface area contributed by atoms with Crippen LogP contribution in [0.1, 0.15) is 38.5 Å². The van der Waals surface area contributed by atoms with Gasteiger partial charge < -0.3 is 10.1 Å². The maximum absolute atomic E-state index is 12.8. The van der Waals surface area contributed by atoms with Crippen LogP contribution in [0.25, 0.3) is 0 Å². The Morgan fingerprint density at radius 2 is 1.94 bits per heavy atom. The fraction of sp³-hybridized carbons (Fsp3) is 1.00. The highest BCUT2D eigenvalue weighted by atomic mass is 19.4. The van der Waals surface area contributed by atoms with Crippen LogP contribution in [0.5, 0.6) is 0 Å². The summed E-state index contributed by atoms with van der Waals surface area (Å²) in [5.74, 6) is -1.17. The van der Waals surface area contributed by atoms with Crippen molar-refractivity contribution in [1.29, 1.82) is 0 Å². The van der Waals surface area contributed by atoms with Gasteiger partial charge in [-0.3, -0.25) is 0 Å². The normalized spacial score (nSPS) is 35.1. The summed E-state index contributed by atoms with van der Waals surface area (Å²) >= 11 is 0. The van der Waals surface area contributed by atoms with Crippen molar-refractivity contribution < 1.29 is 17.9 Å². The lowest BCUT2D eigenvalue weighted by molar-refractivity contribution is -0.189. The highest BCUT2D eigenvalue weighted by molar-refractivity contribution is 4.86. The van der Waals surface area contributed by atoms with Gasteiger partial charge in [0.2, 0.25) is 0 Å². The summed E-state index contributed by atoms with van der Waals surface area (Å²) in [4.78, 5) is 0. The molecule has 0 bridgehead atoms. The van der Waals surface area contributed by atoms with Gasteiger partial charge in [0.25, 0.3) is 0 Å². The molecule has 0 aromatic rings. The molecule has 2 aliphatic rings. The van der Waals surface area contributed by atoms with E-state index < -0.39 is 18.1 Å². The predicted molar refractivity (Wildman–Crippen MR) is 58.8 cm³/mol. The van der Waals surface area contributed by atoms with Crippen LogP contribution in [-0.4, -0.2) is 31.5 Å². The van der Waals surface area contributed by atoms with Gasteiger partial charge in [0.15, 0.2) is 0 Å². The van der Waals surface area contributed by atoms with Crippen molar-refractivity contribution in [2.75, 3.05) is 13.2 Å². The van der Waals surface area contributed by atoms with Crippen molar-refractivity contribution in [2.24, 2.45) is 5.92 Å². The number of halogens is 3. The summed E-state index contributed by atoms with van der Waals surface area (Å²) in [5.41, 5.74) is 0. The van der Waals surface area contributed by atoms with Crippen LogP contribution >= 0.6 is 0 Å². The number of alkyl halides is 3. The summed E-state index contributed by atoms with van der Waals surface area (Å²) in [5, 5.41) is 3.02. The van der Waals surface area contributed by atoms with E-state index in [0.717, 1.165) is 25.9 Å². The van der Waals surface area contributed by atoms with Crippen molar-refractivity contribution in [1.82, 2.24) is 5.32 Å². The van der Waals surface area contributed by atoms with Crippen LogP contribution < -0.4 is 5.32 Å². The maximum Gasteiger partial charge on any atom is 0.393 e. The van der Waals surface area contributed by atoms with Gasteiger partial charge in [-0.05, 0) is 45.1 Å². The second kappa shape index (κ2) is 5.57. The molecular weight excluding hydrogens is 231 g/mol. The van der Waals surface area contributed by atoms with Gasteiger partial charge in [0.1, 0.15) is 0 Å². The average Bonchev–Trinajstić information content (AvgIpc) is 2.78. The molecule has 100 valence electrons. The minimum absolute atomic E-state index is 0.188. The number of rotatable bonds is 3. The minimum Gasteiger partial charge on any atom is -0.378 e. The zero-order valence-electron chi connectivity index (χ0n) is 9.93. The van der Waals surface area contributed by atoms with E-state index in [0.29, 0.717) is 19.4 Å². The smallest absolute Gasteiger partial charge is 0.378 e. The summed E-state index contributed by atoms with van der Waals surface area (Å²) in [6.45, 7) is 1.48. The second-order valence-corrected chi connectivity index (χ2v) is 5.06. The van der Waals surface area contributed by atoms with Crippen molar-refractivity contribution in [3.05, 3.63) is 0 Å². The van der Waals surface area contributed by atoms with Gasteiger partial charge in [-0.15, -0.1) is 0 Å². The highest BCUT2D eigenvalue weighted by Crippen LogP contribution is 2.36. The fourth-order valence-electron chi connectivity index (χ4n) is 2.89. The molecule has 0 amide bonds. The molecule has 3 unspecified atom stereocenters. The van der Waals surface area contributed by atoms with Crippen molar-refractivity contribution in [3.8, 4) is 0 Å². The highest BCUT2D eigenvalue weighted by Gasteiger charge is 2.45. The Bertz CT molecular complexity index is 238. The third-order valence-electron chi connectivity index (χ3n) is 3.83. The van der Waals surface area contributed by atoms with Crippen molar-refractivity contribution in [2.45, 2.75) is 56.8 Å². The Balaban J connectivity index is 1.83. The lowest BCUT2D eigenvalue weighted by atomic mass is 9.86. The van der Waals surface area contributed by atoms with Crippen LogP contribution in [0.4, 0.5) is 13.2 Å². The SMILES string of the molecule is FC(F)(F)C1CCCNC1CCC1CCCO1. The second-order valence-electron chi connectivity index (χ2n) is 5.06. The number of piperidine rings is 1. The first-order valence-corrected chi connectivity index (χ1v) is 6.49. The zero-order chi connectivity index (χ0) is 12.3. The van der Waals surface area contributed by atoms with E-state index >= 15 is 0 Å². The molecule has 2 fully saturated rings. The summed E-state index contributed by atoms with van der Waals surface area (Å²) in [7, 11) is 0. The molecule has 2 heterocycles. The summed E-state index contributed by atoms with van der Waals surface area (Å²) in [6, 6.07) is -0.409. The van der Waals surface area contributed by atoms with E-state index in [4.69, 9.17) is 4.74 Å². The maximum atomic E-state index is 12.8. The Morgan fingerprint density at radius 3 is 2.59 bits per heavy atom. The first kappa shape index (κ1) is 13.1. The Labute approximate surface area is 99.9 Å². The van der Waals surface area contributed by atoms with Gasteiger partial charge in [-0.2, -0.15) is 13.2 Å². The van der Waals surface area contributed by atoms with Crippen molar-refractivity contribution in [3.63, 3.8) is 0 Å². The quantitative estimate of drug-likeness (QED) is 0.832.